The van der Waals surface area contributed by atoms with E-state index < -0.39 is 0 Å². The van der Waals surface area contributed by atoms with Crippen LogP contribution in [0, 0.1) is 27.7 Å². The third-order valence-corrected chi connectivity index (χ3v) is 5.42. The fourth-order valence-electron chi connectivity index (χ4n) is 3.92. The summed E-state index contributed by atoms with van der Waals surface area (Å²) in [4.78, 5) is 17.3. The van der Waals surface area contributed by atoms with Gasteiger partial charge in [0.1, 0.15) is 17.1 Å². The van der Waals surface area contributed by atoms with Gasteiger partial charge in [0.15, 0.2) is 0 Å². The van der Waals surface area contributed by atoms with E-state index >= 15 is 0 Å². The molecule has 32 heavy (non-hydrogen) atoms. The molecule has 3 aromatic heterocycles. The number of hydrogen-bond donors (Lipinski definition) is 1. The Labute approximate surface area is 187 Å². The van der Waals surface area contributed by atoms with Crippen molar-refractivity contribution in [1.82, 2.24) is 19.4 Å². The fourth-order valence-corrected chi connectivity index (χ4v) is 3.92. The van der Waals surface area contributed by atoms with E-state index in [0.29, 0.717) is 18.0 Å². The number of hydrogen-bond acceptors (Lipinski definition) is 4. The summed E-state index contributed by atoms with van der Waals surface area (Å²) in [7, 11) is 0. The van der Waals surface area contributed by atoms with Crippen molar-refractivity contribution >= 4 is 17.8 Å². The van der Waals surface area contributed by atoms with Gasteiger partial charge in [-0.2, -0.15) is 5.10 Å². The largest absolute Gasteiger partial charge is 0.494 e. The average molecular weight is 430 g/mol. The van der Waals surface area contributed by atoms with Crippen LogP contribution in [0.4, 0.5) is 0 Å². The van der Waals surface area contributed by atoms with Crippen molar-refractivity contribution in [3.05, 3.63) is 82.6 Å². The molecule has 1 amide bonds. The number of aryl methyl sites for hydroxylation is 3. The molecule has 0 radical (unpaired) electrons. The van der Waals surface area contributed by atoms with Crippen LogP contribution in [0.2, 0.25) is 0 Å². The number of nitrogens with one attached hydrogen (secondary N) is 1. The fraction of sp³-hybridized carbons (Fsp3) is 0.240. The molecular weight excluding hydrogens is 402 g/mol. The molecule has 0 fully saturated rings. The lowest BCUT2D eigenvalue weighted by Gasteiger charge is -2.10. The van der Waals surface area contributed by atoms with Crippen molar-refractivity contribution in [2.75, 3.05) is 6.61 Å². The monoisotopic (exact) mass is 429 g/mol. The average Bonchev–Trinajstić information content (AvgIpc) is 3.23. The third-order valence-electron chi connectivity index (χ3n) is 5.42. The molecule has 0 aliphatic heterocycles. The Kier molecular flexibility index (Phi) is 5.81. The van der Waals surface area contributed by atoms with E-state index in [-0.39, 0.29) is 5.91 Å². The molecule has 1 aromatic carbocycles. The first-order valence-corrected chi connectivity index (χ1v) is 10.6. The molecule has 7 nitrogen and oxygen atoms in total. The number of carbonyl (C=O) groups is 1. The zero-order chi connectivity index (χ0) is 22.8. The molecule has 3 heterocycles. The highest BCUT2D eigenvalue weighted by molar-refractivity contribution is 5.95. The van der Waals surface area contributed by atoms with Gasteiger partial charge in [-0.3, -0.25) is 9.20 Å². The van der Waals surface area contributed by atoms with Crippen LogP contribution in [-0.4, -0.2) is 32.7 Å². The van der Waals surface area contributed by atoms with Crippen LogP contribution in [0.5, 0.6) is 5.75 Å². The summed E-state index contributed by atoms with van der Waals surface area (Å²) < 4.78 is 9.46. The number of benzene rings is 1. The highest BCUT2D eigenvalue weighted by Gasteiger charge is 2.16. The molecule has 0 saturated carbocycles. The SMILES string of the molecule is CCOc1ccc(-n2c(C)cc(/C=N\NC(=O)c3c(C)nc4cc(C)ccn34)c2C)cc1. The highest BCUT2D eigenvalue weighted by atomic mass is 16.5. The number of fused-ring (bicyclic) bond motifs is 1. The summed E-state index contributed by atoms with van der Waals surface area (Å²) in [5.74, 6) is 0.552. The number of amides is 1. The van der Waals surface area contributed by atoms with Gasteiger partial charge in [0.2, 0.25) is 0 Å². The van der Waals surface area contributed by atoms with Crippen LogP contribution in [0.15, 0.2) is 53.8 Å². The van der Waals surface area contributed by atoms with E-state index in [1.807, 2.05) is 83.3 Å². The first kappa shape index (κ1) is 21.4. The maximum Gasteiger partial charge on any atom is 0.290 e. The van der Waals surface area contributed by atoms with Crippen LogP contribution in [0.25, 0.3) is 11.3 Å². The Morgan fingerprint density at radius 1 is 1.12 bits per heavy atom. The lowest BCUT2D eigenvalue weighted by atomic mass is 10.2. The van der Waals surface area contributed by atoms with Crippen molar-refractivity contribution in [2.24, 2.45) is 5.10 Å². The molecule has 4 rings (SSSR count). The molecule has 164 valence electrons. The number of imidazole rings is 1. The minimum atomic E-state index is -0.296. The number of ether oxygens (including phenoxy) is 1. The van der Waals surface area contributed by atoms with E-state index in [2.05, 4.69) is 20.1 Å². The number of nitrogens with zero attached hydrogens (tertiary/aromatic N) is 4. The Hall–Kier alpha value is -3.87. The van der Waals surface area contributed by atoms with Gasteiger partial charge in [-0.15, -0.1) is 0 Å². The summed E-state index contributed by atoms with van der Waals surface area (Å²) in [6.07, 6.45) is 3.53. The van der Waals surface area contributed by atoms with Gasteiger partial charge >= 0.3 is 0 Å². The molecule has 4 aromatic rings. The molecule has 0 unspecified atom stereocenters. The van der Waals surface area contributed by atoms with Gasteiger partial charge < -0.3 is 9.30 Å². The molecule has 0 aliphatic rings. The van der Waals surface area contributed by atoms with Gasteiger partial charge in [0.05, 0.1) is 18.5 Å². The zero-order valence-corrected chi connectivity index (χ0v) is 19.0. The first-order chi connectivity index (χ1) is 15.4. The van der Waals surface area contributed by atoms with E-state index in [1.165, 1.54) is 0 Å². The number of rotatable bonds is 6. The Balaban J connectivity index is 1.54. The van der Waals surface area contributed by atoms with E-state index in [1.54, 1.807) is 10.6 Å². The summed E-state index contributed by atoms with van der Waals surface area (Å²) in [5.41, 5.74) is 9.72. The molecule has 0 saturated heterocycles. The Bertz CT molecular complexity index is 1310. The van der Waals surface area contributed by atoms with Gasteiger partial charge in [0.25, 0.3) is 5.91 Å². The van der Waals surface area contributed by atoms with E-state index in [0.717, 1.165) is 39.6 Å². The van der Waals surface area contributed by atoms with Crippen molar-refractivity contribution < 1.29 is 9.53 Å². The second-order valence-corrected chi connectivity index (χ2v) is 7.77. The highest BCUT2D eigenvalue weighted by Crippen LogP contribution is 2.22. The van der Waals surface area contributed by atoms with Crippen molar-refractivity contribution in [3.63, 3.8) is 0 Å². The molecular formula is C25H27N5O2. The normalized spacial score (nSPS) is 11.4. The molecule has 0 aliphatic carbocycles. The summed E-state index contributed by atoms with van der Waals surface area (Å²) >= 11 is 0. The minimum Gasteiger partial charge on any atom is -0.494 e. The van der Waals surface area contributed by atoms with E-state index in [4.69, 9.17) is 4.74 Å². The molecule has 0 bridgehead atoms. The predicted octanol–water partition coefficient (Wildman–Crippen LogP) is 4.52. The number of hydrazone groups is 1. The van der Waals surface area contributed by atoms with Crippen molar-refractivity contribution in [2.45, 2.75) is 34.6 Å². The standard InChI is InChI=1S/C25H27N5O2/c1-6-32-22-9-7-21(8-10-22)30-17(3)14-20(19(30)5)15-26-28-25(31)24-18(4)27-23-13-16(2)11-12-29(23)24/h7-15H,6H2,1-5H3,(H,28,31)/b26-15-. The van der Waals surface area contributed by atoms with Gasteiger partial charge in [0, 0.05) is 28.8 Å². The second kappa shape index (κ2) is 8.70. The molecule has 1 N–H and O–H groups in total. The first-order valence-electron chi connectivity index (χ1n) is 10.6. The smallest absolute Gasteiger partial charge is 0.290 e. The zero-order valence-electron chi connectivity index (χ0n) is 19.0. The number of carbonyl (C=O) groups excluding carboxylic acids is 1. The minimum absolute atomic E-state index is 0.296. The number of aromatic nitrogens is 3. The summed E-state index contributed by atoms with van der Waals surface area (Å²) in [5, 5.41) is 4.21. The second-order valence-electron chi connectivity index (χ2n) is 7.77. The van der Waals surface area contributed by atoms with Gasteiger partial charge in [-0.05, 0) is 82.6 Å². The van der Waals surface area contributed by atoms with Crippen molar-refractivity contribution in [3.8, 4) is 11.4 Å². The lowest BCUT2D eigenvalue weighted by Crippen LogP contribution is -2.20. The summed E-state index contributed by atoms with van der Waals surface area (Å²) in [6, 6.07) is 13.9. The Morgan fingerprint density at radius 3 is 2.59 bits per heavy atom. The van der Waals surface area contributed by atoms with Crippen LogP contribution in [-0.2, 0) is 0 Å². The van der Waals surface area contributed by atoms with Gasteiger partial charge in [-0.25, -0.2) is 10.4 Å². The maximum absolute atomic E-state index is 12.8. The molecule has 0 atom stereocenters. The third kappa shape index (κ3) is 4.01. The predicted molar refractivity (Wildman–Crippen MR) is 126 cm³/mol. The van der Waals surface area contributed by atoms with Crippen LogP contribution >= 0.6 is 0 Å². The lowest BCUT2D eigenvalue weighted by molar-refractivity contribution is 0.0948. The number of pyridine rings is 1. The topological polar surface area (TPSA) is 72.9 Å². The van der Waals surface area contributed by atoms with Gasteiger partial charge in [-0.1, -0.05) is 0 Å². The molecule has 7 heteroatoms. The van der Waals surface area contributed by atoms with Crippen molar-refractivity contribution in [1.29, 1.82) is 0 Å². The quantitative estimate of drug-likeness (QED) is 0.362. The van der Waals surface area contributed by atoms with E-state index in [9.17, 15) is 4.79 Å². The van der Waals surface area contributed by atoms with Crippen LogP contribution < -0.4 is 10.2 Å². The van der Waals surface area contributed by atoms with Crippen LogP contribution in [0.1, 0.15) is 45.6 Å². The Morgan fingerprint density at radius 2 is 1.88 bits per heavy atom. The summed E-state index contributed by atoms with van der Waals surface area (Å²) in [6.45, 7) is 10.5. The molecule has 0 spiro atoms. The van der Waals surface area contributed by atoms with Crippen LogP contribution in [0.3, 0.4) is 0 Å². The maximum atomic E-state index is 12.8.